The quantitative estimate of drug-likeness (QED) is 0.648. The van der Waals surface area contributed by atoms with Crippen molar-refractivity contribution in [2.24, 2.45) is 0 Å². The van der Waals surface area contributed by atoms with E-state index in [1.807, 2.05) is 0 Å². The number of cyclic esters (lactones) is 1. The van der Waals surface area contributed by atoms with Crippen molar-refractivity contribution in [3.63, 3.8) is 0 Å². The zero-order chi connectivity index (χ0) is 21.8. The number of methoxy groups -OCH3 is 1. The van der Waals surface area contributed by atoms with E-state index < -0.39 is 24.0 Å². The third-order valence-corrected chi connectivity index (χ3v) is 4.90. The average molecular weight is 422 g/mol. The largest absolute Gasteiger partial charge is 0.468 e. The number of benzene rings is 1. The molecule has 2 aliphatic heterocycles. The number of piperazine rings is 1. The van der Waals surface area contributed by atoms with Crippen LogP contribution in [0.1, 0.15) is 6.92 Å². The number of rotatable bonds is 6. The predicted molar refractivity (Wildman–Crippen MR) is 104 cm³/mol. The first-order chi connectivity index (χ1) is 14.3. The molecule has 10 nitrogen and oxygen atoms in total. The first-order valence-electron chi connectivity index (χ1n) is 9.40. The Hall–Kier alpha value is -3.37. The van der Waals surface area contributed by atoms with Crippen LogP contribution >= 0.6 is 0 Å². The molecule has 162 valence electrons. The van der Waals surface area contributed by atoms with Gasteiger partial charge in [-0.3, -0.25) is 19.3 Å². The van der Waals surface area contributed by atoms with Crippen molar-refractivity contribution in [2.75, 3.05) is 56.2 Å². The highest BCUT2D eigenvalue weighted by atomic mass is 19.1. The van der Waals surface area contributed by atoms with Gasteiger partial charge in [0, 0.05) is 20.0 Å². The van der Waals surface area contributed by atoms with E-state index in [4.69, 9.17) is 4.74 Å². The molecule has 0 aliphatic carbocycles. The molecule has 30 heavy (non-hydrogen) atoms. The van der Waals surface area contributed by atoms with Crippen molar-refractivity contribution in [1.82, 2.24) is 10.2 Å². The SMILES string of the molecule is COC(=O)CN1CCN(c2ccc(N3C[C@H](CNC(C)=O)OC3=O)cc2F)CC1=O. The molecule has 0 saturated carbocycles. The van der Waals surface area contributed by atoms with E-state index >= 15 is 0 Å². The predicted octanol–water partition coefficient (Wildman–Crippen LogP) is 0.109. The van der Waals surface area contributed by atoms with Gasteiger partial charge >= 0.3 is 12.1 Å². The highest BCUT2D eigenvalue weighted by Crippen LogP contribution is 2.28. The Morgan fingerprint density at radius 1 is 1.30 bits per heavy atom. The highest BCUT2D eigenvalue weighted by Gasteiger charge is 2.33. The fraction of sp³-hybridized carbons (Fsp3) is 0.474. The van der Waals surface area contributed by atoms with Gasteiger partial charge in [-0.1, -0.05) is 0 Å². The summed E-state index contributed by atoms with van der Waals surface area (Å²) in [7, 11) is 1.25. The lowest BCUT2D eigenvalue weighted by Gasteiger charge is -2.35. The maximum atomic E-state index is 14.8. The molecule has 1 aromatic carbocycles. The fourth-order valence-corrected chi connectivity index (χ4v) is 3.32. The van der Waals surface area contributed by atoms with Gasteiger partial charge in [-0.15, -0.1) is 0 Å². The zero-order valence-electron chi connectivity index (χ0n) is 16.7. The number of carbonyl (C=O) groups excluding carboxylic acids is 4. The molecule has 3 amide bonds. The lowest BCUT2D eigenvalue weighted by Crippen LogP contribution is -2.52. The highest BCUT2D eigenvalue weighted by molar-refractivity contribution is 5.90. The summed E-state index contributed by atoms with van der Waals surface area (Å²) in [6.07, 6.45) is -1.14. The van der Waals surface area contributed by atoms with Crippen LogP contribution in [0.3, 0.4) is 0 Å². The summed E-state index contributed by atoms with van der Waals surface area (Å²) in [5.74, 6) is -1.64. The third-order valence-electron chi connectivity index (χ3n) is 4.90. The fourth-order valence-electron chi connectivity index (χ4n) is 3.32. The molecule has 0 unspecified atom stereocenters. The number of hydrogen-bond acceptors (Lipinski definition) is 7. The Labute approximate surface area is 172 Å². The van der Waals surface area contributed by atoms with E-state index in [1.165, 1.54) is 36.0 Å². The number of carbonyl (C=O) groups is 4. The Bertz CT molecular complexity index is 863. The Kier molecular flexibility index (Phi) is 6.38. The number of nitrogens with one attached hydrogen (secondary N) is 1. The summed E-state index contributed by atoms with van der Waals surface area (Å²) in [5.41, 5.74) is 0.550. The first-order valence-corrected chi connectivity index (χ1v) is 9.40. The molecular formula is C19H23FN4O6. The summed E-state index contributed by atoms with van der Waals surface area (Å²) < 4.78 is 24.5. The zero-order valence-corrected chi connectivity index (χ0v) is 16.7. The van der Waals surface area contributed by atoms with Crippen LogP contribution in [0, 0.1) is 5.82 Å². The average Bonchev–Trinajstić information content (AvgIpc) is 3.08. The van der Waals surface area contributed by atoms with Crippen LogP contribution in [0.5, 0.6) is 0 Å². The lowest BCUT2D eigenvalue weighted by atomic mass is 10.2. The van der Waals surface area contributed by atoms with Gasteiger partial charge in [-0.25, -0.2) is 9.18 Å². The van der Waals surface area contributed by atoms with Crippen LogP contribution in [0.15, 0.2) is 18.2 Å². The number of nitrogens with zero attached hydrogens (tertiary/aromatic N) is 3. The second-order valence-corrected chi connectivity index (χ2v) is 7.00. The number of esters is 1. The Balaban J connectivity index is 1.65. The van der Waals surface area contributed by atoms with Crippen LogP contribution in [0.2, 0.25) is 0 Å². The lowest BCUT2D eigenvalue weighted by molar-refractivity contribution is -0.147. The molecule has 3 rings (SSSR count). The maximum Gasteiger partial charge on any atom is 0.414 e. The summed E-state index contributed by atoms with van der Waals surface area (Å²) >= 11 is 0. The Morgan fingerprint density at radius 3 is 2.70 bits per heavy atom. The van der Waals surface area contributed by atoms with Crippen molar-refractivity contribution >= 4 is 35.3 Å². The number of anilines is 2. The molecule has 1 aromatic rings. The van der Waals surface area contributed by atoms with Crippen LogP contribution in [-0.2, 0) is 23.9 Å². The molecule has 2 fully saturated rings. The van der Waals surface area contributed by atoms with Crippen LogP contribution in [0.4, 0.5) is 20.6 Å². The minimum Gasteiger partial charge on any atom is -0.468 e. The van der Waals surface area contributed by atoms with Gasteiger partial charge in [0.2, 0.25) is 11.8 Å². The van der Waals surface area contributed by atoms with E-state index in [0.29, 0.717) is 12.2 Å². The minimum atomic E-state index is -0.621. The molecule has 2 saturated heterocycles. The van der Waals surface area contributed by atoms with Gasteiger partial charge < -0.3 is 24.6 Å². The number of amides is 3. The van der Waals surface area contributed by atoms with E-state index in [1.54, 1.807) is 11.0 Å². The van der Waals surface area contributed by atoms with Crippen LogP contribution < -0.4 is 15.1 Å². The van der Waals surface area contributed by atoms with Gasteiger partial charge in [0.05, 0.1) is 38.1 Å². The summed E-state index contributed by atoms with van der Waals surface area (Å²) in [4.78, 5) is 51.0. The number of halogens is 1. The minimum absolute atomic E-state index is 0.0716. The van der Waals surface area contributed by atoms with Crippen molar-refractivity contribution in [3.05, 3.63) is 24.0 Å². The molecule has 2 heterocycles. The van der Waals surface area contributed by atoms with Crippen molar-refractivity contribution < 1.29 is 33.0 Å². The molecular weight excluding hydrogens is 399 g/mol. The summed E-state index contributed by atoms with van der Waals surface area (Å²) in [5, 5.41) is 2.58. The van der Waals surface area contributed by atoms with Crippen molar-refractivity contribution in [3.8, 4) is 0 Å². The molecule has 11 heteroatoms. The molecule has 0 aromatic heterocycles. The second kappa shape index (κ2) is 8.97. The smallest absolute Gasteiger partial charge is 0.414 e. The van der Waals surface area contributed by atoms with Gasteiger partial charge in [0.1, 0.15) is 18.5 Å². The van der Waals surface area contributed by atoms with Crippen LogP contribution in [-0.4, -0.2) is 81.3 Å². The van der Waals surface area contributed by atoms with Gasteiger partial charge in [0.25, 0.3) is 0 Å². The van der Waals surface area contributed by atoms with E-state index in [0.717, 1.165) is 0 Å². The van der Waals surface area contributed by atoms with Crippen molar-refractivity contribution in [1.29, 1.82) is 0 Å². The molecule has 0 radical (unpaired) electrons. The monoisotopic (exact) mass is 422 g/mol. The van der Waals surface area contributed by atoms with E-state index in [2.05, 4.69) is 10.1 Å². The van der Waals surface area contributed by atoms with Gasteiger partial charge in [-0.05, 0) is 18.2 Å². The number of hydrogen-bond donors (Lipinski definition) is 1. The first kappa shape index (κ1) is 21.3. The molecule has 2 aliphatic rings. The third kappa shape index (κ3) is 4.78. The van der Waals surface area contributed by atoms with Gasteiger partial charge in [-0.2, -0.15) is 0 Å². The van der Waals surface area contributed by atoms with E-state index in [-0.39, 0.29) is 50.2 Å². The summed E-state index contributed by atoms with van der Waals surface area (Å²) in [6, 6.07) is 4.29. The Morgan fingerprint density at radius 2 is 2.07 bits per heavy atom. The van der Waals surface area contributed by atoms with E-state index in [9.17, 15) is 23.6 Å². The van der Waals surface area contributed by atoms with Crippen LogP contribution in [0.25, 0.3) is 0 Å². The second-order valence-electron chi connectivity index (χ2n) is 7.00. The maximum absolute atomic E-state index is 14.8. The molecule has 1 atom stereocenters. The van der Waals surface area contributed by atoms with Crippen molar-refractivity contribution in [2.45, 2.75) is 13.0 Å². The summed E-state index contributed by atoms with van der Waals surface area (Å²) in [6.45, 7) is 2.13. The normalized spacial score (nSPS) is 19.0. The topological polar surface area (TPSA) is 108 Å². The molecule has 0 spiro atoms. The standard InChI is InChI=1S/C19H23FN4O6/c1-12(25)21-8-14-9-24(19(28)30-14)13-3-4-16(15(20)7-13)22-5-6-23(17(26)10-22)11-18(27)29-2/h3-4,7,14H,5-6,8-11H2,1-2H3,(H,21,25)/t14-/m0/s1. The molecule has 1 N–H and O–H groups in total. The molecule has 0 bridgehead atoms. The van der Waals surface area contributed by atoms with Gasteiger partial charge in [0.15, 0.2) is 0 Å². The number of ether oxygens (including phenoxy) is 2.